The van der Waals surface area contributed by atoms with Gasteiger partial charge in [-0.15, -0.1) is 0 Å². The summed E-state index contributed by atoms with van der Waals surface area (Å²) in [6.07, 6.45) is -4.40. The number of amides is 2. The first-order chi connectivity index (χ1) is 9.79. The van der Waals surface area contributed by atoms with Crippen molar-refractivity contribution in [3.8, 4) is 0 Å². The predicted octanol–water partition coefficient (Wildman–Crippen LogP) is 2.83. The normalized spacial score (nSPS) is 18.7. The van der Waals surface area contributed by atoms with Gasteiger partial charge in [-0.05, 0) is 37.1 Å². The van der Waals surface area contributed by atoms with Crippen molar-refractivity contribution in [2.45, 2.75) is 25.1 Å². The number of alkyl halides is 3. The average molecular weight is 321 g/mol. The average Bonchev–Trinajstić information content (AvgIpc) is 2.88. The fourth-order valence-corrected chi connectivity index (χ4v) is 2.33. The topological polar surface area (TPSA) is 49.4 Å². The Kier molecular flexibility index (Phi) is 4.41. The lowest BCUT2D eigenvalue weighted by Crippen LogP contribution is -2.48. The minimum absolute atomic E-state index is 0.0724. The van der Waals surface area contributed by atoms with Crippen LogP contribution in [0.4, 0.5) is 18.9 Å². The summed E-state index contributed by atoms with van der Waals surface area (Å²) in [5, 5.41) is 2.96. The van der Waals surface area contributed by atoms with Gasteiger partial charge in [0, 0.05) is 17.3 Å². The summed E-state index contributed by atoms with van der Waals surface area (Å²) < 4.78 is 37.4. The predicted molar refractivity (Wildman–Crippen MR) is 70.9 cm³/mol. The Balaban J connectivity index is 2.07. The van der Waals surface area contributed by atoms with Gasteiger partial charge in [0.25, 0.3) is 0 Å². The number of anilines is 1. The lowest BCUT2D eigenvalue weighted by Gasteiger charge is -2.24. The standard InChI is InChI=1S/C13H12ClF3N2O2/c14-8-3-5-9(6-4-8)18-11(20)10-2-1-7-19(10)12(21)13(15,16)17/h3-6,10H,1-2,7H2,(H,18,20). The number of nitrogens with zero attached hydrogens (tertiary/aromatic N) is 1. The number of nitrogens with one attached hydrogen (secondary N) is 1. The summed E-state index contributed by atoms with van der Waals surface area (Å²) in [6.45, 7) is -0.0724. The second-order valence-electron chi connectivity index (χ2n) is 4.65. The number of hydrogen-bond acceptors (Lipinski definition) is 2. The van der Waals surface area contributed by atoms with Crippen molar-refractivity contribution < 1.29 is 22.8 Å². The van der Waals surface area contributed by atoms with Crippen molar-refractivity contribution in [1.29, 1.82) is 0 Å². The molecule has 0 saturated carbocycles. The lowest BCUT2D eigenvalue weighted by molar-refractivity contribution is -0.186. The number of halogens is 4. The molecule has 114 valence electrons. The van der Waals surface area contributed by atoms with E-state index in [4.69, 9.17) is 11.6 Å². The van der Waals surface area contributed by atoms with Gasteiger partial charge in [-0.2, -0.15) is 13.2 Å². The highest BCUT2D eigenvalue weighted by Gasteiger charge is 2.47. The molecule has 21 heavy (non-hydrogen) atoms. The lowest BCUT2D eigenvalue weighted by atomic mass is 10.2. The monoisotopic (exact) mass is 320 g/mol. The van der Waals surface area contributed by atoms with Crippen LogP contribution in [0.15, 0.2) is 24.3 Å². The van der Waals surface area contributed by atoms with Crippen LogP contribution in [0.5, 0.6) is 0 Å². The molecule has 0 spiro atoms. The van der Waals surface area contributed by atoms with E-state index in [1.54, 1.807) is 12.1 Å². The highest BCUT2D eigenvalue weighted by atomic mass is 35.5. The highest BCUT2D eigenvalue weighted by Crippen LogP contribution is 2.26. The minimum Gasteiger partial charge on any atom is -0.324 e. The van der Waals surface area contributed by atoms with Crippen molar-refractivity contribution in [2.24, 2.45) is 0 Å². The summed E-state index contributed by atoms with van der Waals surface area (Å²) in [5.74, 6) is -2.61. The molecule has 8 heteroatoms. The van der Waals surface area contributed by atoms with Gasteiger partial charge < -0.3 is 10.2 Å². The number of rotatable bonds is 2. The molecule has 1 atom stereocenters. The third kappa shape index (κ3) is 3.66. The molecule has 1 aromatic rings. The molecule has 1 fully saturated rings. The van der Waals surface area contributed by atoms with Crippen molar-refractivity contribution in [2.75, 3.05) is 11.9 Å². The molecule has 1 unspecified atom stereocenters. The fraction of sp³-hybridized carbons (Fsp3) is 0.385. The third-order valence-electron chi connectivity index (χ3n) is 3.17. The quantitative estimate of drug-likeness (QED) is 0.911. The van der Waals surface area contributed by atoms with Gasteiger partial charge in [0.1, 0.15) is 6.04 Å². The highest BCUT2D eigenvalue weighted by molar-refractivity contribution is 6.30. The Morgan fingerprint density at radius 3 is 2.43 bits per heavy atom. The number of likely N-dealkylation sites (tertiary alicyclic amines) is 1. The number of carbonyl (C=O) groups excluding carboxylic acids is 2. The Morgan fingerprint density at radius 2 is 1.86 bits per heavy atom. The minimum atomic E-state index is -4.97. The van der Waals surface area contributed by atoms with E-state index in [0.29, 0.717) is 22.0 Å². The fourth-order valence-electron chi connectivity index (χ4n) is 2.20. The largest absolute Gasteiger partial charge is 0.471 e. The smallest absolute Gasteiger partial charge is 0.324 e. The van der Waals surface area contributed by atoms with Crippen LogP contribution in [-0.2, 0) is 9.59 Å². The zero-order valence-corrected chi connectivity index (χ0v) is 11.5. The van der Waals surface area contributed by atoms with E-state index in [0.717, 1.165) is 0 Å². The van der Waals surface area contributed by atoms with E-state index in [-0.39, 0.29) is 13.0 Å². The zero-order chi connectivity index (χ0) is 15.6. The van der Waals surface area contributed by atoms with Crippen LogP contribution in [0.2, 0.25) is 5.02 Å². The first-order valence-corrected chi connectivity index (χ1v) is 6.61. The van der Waals surface area contributed by atoms with Crippen LogP contribution in [0.1, 0.15) is 12.8 Å². The molecule has 1 aliphatic rings. The summed E-state index contributed by atoms with van der Waals surface area (Å²) >= 11 is 5.70. The summed E-state index contributed by atoms with van der Waals surface area (Å²) in [7, 11) is 0. The molecular weight excluding hydrogens is 309 g/mol. The molecule has 2 amide bonds. The summed E-state index contributed by atoms with van der Waals surface area (Å²) in [4.78, 5) is 23.9. The molecule has 1 aliphatic heterocycles. The van der Waals surface area contributed by atoms with Gasteiger partial charge in [0.15, 0.2) is 0 Å². The Morgan fingerprint density at radius 1 is 1.24 bits per heavy atom. The van der Waals surface area contributed by atoms with Gasteiger partial charge in [0.05, 0.1) is 0 Å². The SMILES string of the molecule is O=C(Nc1ccc(Cl)cc1)C1CCCN1C(=O)C(F)(F)F. The van der Waals surface area contributed by atoms with Gasteiger partial charge >= 0.3 is 12.1 Å². The van der Waals surface area contributed by atoms with Crippen LogP contribution < -0.4 is 5.32 Å². The van der Waals surface area contributed by atoms with Crippen LogP contribution in [0.25, 0.3) is 0 Å². The second-order valence-corrected chi connectivity index (χ2v) is 5.09. The third-order valence-corrected chi connectivity index (χ3v) is 3.42. The molecule has 0 aromatic heterocycles. The maximum atomic E-state index is 12.5. The number of carbonyl (C=O) groups is 2. The van der Waals surface area contributed by atoms with Crippen LogP contribution >= 0.6 is 11.6 Å². The maximum absolute atomic E-state index is 12.5. The number of benzene rings is 1. The van der Waals surface area contributed by atoms with Crippen LogP contribution in [0.3, 0.4) is 0 Å². The van der Waals surface area contributed by atoms with Crippen molar-refractivity contribution in [1.82, 2.24) is 4.90 Å². The van der Waals surface area contributed by atoms with E-state index >= 15 is 0 Å². The molecular formula is C13H12ClF3N2O2. The Hall–Kier alpha value is -1.76. The van der Waals surface area contributed by atoms with Crippen molar-refractivity contribution >= 4 is 29.1 Å². The second kappa shape index (κ2) is 5.93. The Labute approximate surface area is 123 Å². The first kappa shape index (κ1) is 15.6. The number of hydrogen-bond donors (Lipinski definition) is 1. The Bertz CT molecular complexity index is 545. The molecule has 1 saturated heterocycles. The van der Waals surface area contributed by atoms with E-state index in [2.05, 4.69) is 5.32 Å². The molecule has 4 nitrogen and oxygen atoms in total. The molecule has 1 heterocycles. The summed E-state index contributed by atoms with van der Waals surface area (Å²) in [5.41, 5.74) is 0.413. The molecule has 2 rings (SSSR count). The van der Waals surface area contributed by atoms with E-state index in [1.807, 2.05) is 0 Å². The van der Waals surface area contributed by atoms with Crippen molar-refractivity contribution in [3.05, 3.63) is 29.3 Å². The van der Waals surface area contributed by atoms with Gasteiger partial charge in [-0.25, -0.2) is 0 Å². The van der Waals surface area contributed by atoms with Gasteiger partial charge in [-0.3, -0.25) is 9.59 Å². The van der Waals surface area contributed by atoms with Crippen LogP contribution in [0, 0.1) is 0 Å². The van der Waals surface area contributed by atoms with E-state index < -0.39 is 24.0 Å². The van der Waals surface area contributed by atoms with Crippen molar-refractivity contribution in [3.63, 3.8) is 0 Å². The van der Waals surface area contributed by atoms with Gasteiger partial charge in [0.2, 0.25) is 5.91 Å². The van der Waals surface area contributed by atoms with E-state index in [1.165, 1.54) is 12.1 Å². The summed E-state index contributed by atoms with van der Waals surface area (Å²) in [6, 6.07) is 5.06. The first-order valence-electron chi connectivity index (χ1n) is 6.23. The van der Waals surface area contributed by atoms with Crippen LogP contribution in [-0.4, -0.2) is 35.5 Å². The molecule has 0 bridgehead atoms. The van der Waals surface area contributed by atoms with E-state index in [9.17, 15) is 22.8 Å². The van der Waals surface area contributed by atoms with Gasteiger partial charge in [-0.1, -0.05) is 11.6 Å². The molecule has 1 N–H and O–H groups in total. The molecule has 0 radical (unpaired) electrons. The molecule has 0 aliphatic carbocycles. The molecule has 1 aromatic carbocycles. The zero-order valence-electron chi connectivity index (χ0n) is 10.8. The maximum Gasteiger partial charge on any atom is 0.471 e.